The van der Waals surface area contributed by atoms with Crippen LogP contribution in [0.5, 0.6) is 0 Å². The molecule has 0 radical (unpaired) electrons. The van der Waals surface area contributed by atoms with Crippen molar-refractivity contribution in [3.8, 4) is 0 Å². The van der Waals surface area contributed by atoms with Gasteiger partial charge in [0.2, 0.25) is 0 Å². The van der Waals surface area contributed by atoms with Crippen LogP contribution in [-0.2, 0) is 6.54 Å². The molecule has 0 aliphatic carbocycles. The van der Waals surface area contributed by atoms with Crippen molar-refractivity contribution in [1.29, 1.82) is 0 Å². The van der Waals surface area contributed by atoms with E-state index in [1.54, 1.807) is 6.33 Å². The Morgan fingerprint density at radius 2 is 2.24 bits per heavy atom. The molecule has 1 aliphatic rings. The van der Waals surface area contributed by atoms with E-state index in [0.29, 0.717) is 6.04 Å². The van der Waals surface area contributed by atoms with Crippen LogP contribution in [0.1, 0.15) is 30.3 Å². The fourth-order valence-corrected chi connectivity index (χ4v) is 2.25. The second kappa shape index (κ2) is 4.63. The normalized spacial score (nSPS) is 19.6. The molecule has 88 valence electrons. The fraction of sp³-hybridized carbons (Fsp3) is 0.417. The first-order valence-electron chi connectivity index (χ1n) is 5.93. The van der Waals surface area contributed by atoms with Crippen LogP contribution >= 0.6 is 0 Å². The molecule has 1 N–H and O–H groups in total. The van der Waals surface area contributed by atoms with Crippen molar-refractivity contribution < 1.29 is 0 Å². The van der Waals surface area contributed by atoms with Crippen molar-refractivity contribution in [2.24, 2.45) is 0 Å². The smallest absolute Gasteiger partial charge is 0.150 e. The Labute approximate surface area is 99.9 Å². The monoisotopic (exact) mass is 229 g/mol. The quantitative estimate of drug-likeness (QED) is 0.857. The largest absolute Gasteiger partial charge is 0.312 e. The van der Waals surface area contributed by atoms with Gasteiger partial charge in [0.05, 0.1) is 12.6 Å². The van der Waals surface area contributed by atoms with E-state index in [1.165, 1.54) is 12.0 Å². The summed E-state index contributed by atoms with van der Waals surface area (Å²) in [6.07, 6.45) is 7.79. The average molecular weight is 229 g/mol. The summed E-state index contributed by atoms with van der Waals surface area (Å²) >= 11 is 0. The number of aromatic nitrogens is 4. The van der Waals surface area contributed by atoms with Crippen molar-refractivity contribution in [3.63, 3.8) is 0 Å². The molecular weight excluding hydrogens is 214 g/mol. The van der Waals surface area contributed by atoms with Gasteiger partial charge < -0.3 is 9.88 Å². The lowest BCUT2D eigenvalue weighted by molar-refractivity contribution is 0.564. The Morgan fingerprint density at radius 1 is 1.35 bits per heavy atom. The molecule has 2 aromatic heterocycles. The van der Waals surface area contributed by atoms with Gasteiger partial charge in [0, 0.05) is 12.4 Å². The minimum Gasteiger partial charge on any atom is -0.312 e. The maximum Gasteiger partial charge on any atom is 0.150 e. The number of hydrogen-bond acceptors (Lipinski definition) is 4. The Hall–Kier alpha value is -1.75. The van der Waals surface area contributed by atoms with Gasteiger partial charge in [-0.3, -0.25) is 4.98 Å². The third-order valence-electron chi connectivity index (χ3n) is 3.12. The number of nitrogens with one attached hydrogen (secondary N) is 1. The molecule has 1 saturated heterocycles. The third-order valence-corrected chi connectivity index (χ3v) is 3.12. The summed E-state index contributed by atoms with van der Waals surface area (Å²) < 4.78 is 2.11. The van der Waals surface area contributed by atoms with Crippen LogP contribution in [0.25, 0.3) is 0 Å². The molecule has 0 bridgehead atoms. The molecule has 1 aliphatic heterocycles. The van der Waals surface area contributed by atoms with Crippen molar-refractivity contribution >= 4 is 0 Å². The molecule has 0 unspecified atom stereocenters. The topological polar surface area (TPSA) is 55.6 Å². The van der Waals surface area contributed by atoms with Gasteiger partial charge in [0.25, 0.3) is 0 Å². The van der Waals surface area contributed by atoms with Gasteiger partial charge in [-0.05, 0) is 37.1 Å². The lowest BCUT2D eigenvalue weighted by Crippen LogP contribution is -2.18. The van der Waals surface area contributed by atoms with E-state index in [2.05, 4.69) is 25.1 Å². The number of nitrogens with zero attached hydrogens (tertiary/aromatic N) is 4. The molecule has 3 rings (SSSR count). The van der Waals surface area contributed by atoms with Gasteiger partial charge in [-0.1, -0.05) is 0 Å². The van der Waals surface area contributed by atoms with E-state index in [0.717, 1.165) is 25.3 Å². The molecule has 17 heavy (non-hydrogen) atoms. The van der Waals surface area contributed by atoms with Gasteiger partial charge in [0.1, 0.15) is 12.2 Å². The minimum atomic E-state index is 0.360. The van der Waals surface area contributed by atoms with Crippen LogP contribution in [0.2, 0.25) is 0 Å². The van der Waals surface area contributed by atoms with Gasteiger partial charge in [-0.15, -0.1) is 10.2 Å². The van der Waals surface area contributed by atoms with Crippen molar-refractivity contribution in [1.82, 2.24) is 25.1 Å². The highest BCUT2D eigenvalue weighted by Crippen LogP contribution is 2.21. The lowest BCUT2D eigenvalue weighted by atomic mass is 10.2. The highest BCUT2D eigenvalue weighted by Gasteiger charge is 2.21. The molecule has 1 atom stereocenters. The van der Waals surface area contributed by atoms with Crippen molar-refractivity contribution in [2.45, 2.75) is 25.4 Å². The van der Waals surface area contributed by atoms with E-state index < -0.39 is 0 Å². The van der Waals surface area contributed by atoms with Crippen LogP contribution in [0.15, 0.2) is 30.9 Å². The number of hydrogen-bond donors (Lipinski definition) is 1. The van der Waals surface area contributed by atoms with Crippen molar-refractivity contribution in [2.75, 3.05) is 6.54 Å². The van der Waals surface area contributed by atoms with Crippen LogP contribution < -0.4 is 5.32 Å². The van der Waals surface area contributed by atoms with Gasteiger partial charge in [0.15, 0.2) is 0 Å². The van der Waals surface area contributed by atoms with Crippen LogP contribution in [0.4, 0.5) is 0 Å². The van der Waals surface area contributed by atoms with Crippen molar-refractivity contribution in [3.05, 3.63) is 42.2 Å². The maximum atomic E-state index is 4.23. The number of rotatable bonds is 3. The zero-order valence-electron chi connectivity index (χ0n) is 9.58. The predicted molar refractivity (Wildman–Crippen MR) is 63.3 cm³/mol. The molecule has 5 heteroatoms. The minimum absolute atomic E-state index is 0.360. The molecule has 3 heterocycles. The third kappa shape index (κ3) is 2.19. The summed E-state index contributed by atoms with van der Waals surface area (Å²) in [6, 6.07) is 4.40. The SMILES string of the molecule is c1cc(Cn2cnnc2[C@H]2CCCN2)ccn1. The first kappa shape index (κ1) is 10.4. The Balaban J connectivity index is 1.81. The highest BCUT2D eigenvalue weighted by atomic mass is 15.3. The van der Waals surface area contributed by atoms with E-state index in [-0.39, 0.29) is 0 Å². The summed E-state index contributed by atoms with van der Waals surface area (Å²) in [6.45, 7) is 1.88. The summed E-state index contributed by atoms with van der Waals surface area (Å²) in [4.78, 5) is 4.02. The maximum absolute atomic E-state index is 4.23. The van der Waals surface area contributed by atoms with Gasteiger partial charge in [-0.2, -0.15) is 0 Å². The van der Waals surface area contributed by atoms with Gasteiger partial charge in [-0.25, -0.2) is 0 Å². The summed E-state index contributed by atoms with van der Waals surface area (Å²) in [5.41, 5.74) is 1.22. The first-order valence-corrected chi connectivity index (χ1v) is 5.93. The summed E-state index contributed by atoms with van der Waals surface area (Å²) in [5.74, 6) is 1.04. The summed E-state index contributed by atoms with van der Waals surface area (Å²) in [5, 5.41) is 11.7. The average Bonchev–Trinajstić information content (AvgIpc) is 3.00. The molecular formula is C12H15N5. The van der Waals surface area contributed by atoms with E-state index in [1.807, 2.05) is 24.5 Å². The molecule has 0 aromatic carbocycles. The molecule has 0 spiro atoms. The van der Waals surface area contributed by atoms with E-state index in [4.69, 9.17) is 0 Å². The Morgan fingerprint density at radius 3 is 3.00 bits per heavy atom. The zero-order valence-corrected chi connectivity index (χ0v) is 9.58. The zero-order chi connectivity index (χ0) is 11.5. The molecule has 0 amide bonds. The van der Waals surface area contributed by atoms with Crippen LogP contribution in [-0.4, -0.2) is 26.3 Å². The predicted octanol–water partition coefficient (Wildman–Crippen LogP) is 1.15. The number of pyridine rings is 1. The molecule has 2 aromatic rings. The summed E-state index contributed by atoms with van der Waals surface area (Å²) in [7, 11) is 0. The second-order valence-corrected chi connectivity index (χ2v) is 4.32. The Bertz CT molecular complexity index is 473. The highest BCUT2D eigenvalue weighted by molar-refractivity contribution is 5.11. The van der Waals surface area contributed by atoms with Gasteiger partial charge >= 0.3 is 0 Å². The van der Waals surface area contributed by atoms with E-state index in [9.17, 15) is 0 Å². The fourth-order valence-electron chi connectivity index (χ4n) is 2.25. The second-order valence-electron chi connectivity index (χ2n) is 4.32. The van der Waals surface area contributed by atoms with Crippen LogP contribution in [0, 0.1) is 0 Å². The standard InChI is InChI=1S/C12H15N5/c1-2-11(14-5-1)12-16-15-9-17(12)8-10-3-6-13-7-4-10/h3-4,6-7,9,11,14H,1-2,5,8H2/t11-/m1/s1. The lowest BCUT2D eigenvalue weighted by Gasteiger charge is -2.11. The Kier molecular flexibility index (Phi) is 2.83. The molecule has 0 saturated carbocycles. The first-order chi connectivity index (χ1) is 8.43. The van der Waals surface area contributed by atoms with E-state index >= 15 is 0 Å². The van der Waals surface area contributed by atoms with Crippen LogP contribution in [0.3, 0.4) is 0 Å². The molecule has 1 fully saturated rings. The molecule has 5 nitrogen and oxygen atoms in total.